The molecule has 0 radical (unpaired) electrons. The minimum atomic E-state index is -0.496. The molecule has 0 amide bonds. The van der Waals surface area contributed by atoms with Crippen molar-refractivity contribution in [2.45, 2.75) is 13.3 Å². The van der Waals surface area contributed by atoms with Crippen molar-refractivity contribution < 1.29 is 5.11 Å². The Kier molecular flexibility index (Phi) is 5.17. The van der Waals surface area contributed by atoms with E-state index >= 15 is 0 Å². The number of H-pyrrole nitrogens is 1. The fourth-order valence-electron chi connectivity index (χ4n) is 3.27. The number of nitrogens with zero attached hydrogens (tertiary/aromatic N) is 2. The van der Waals surface area contributed by atoms with Crippen molar-refractivity contribution in [3.63, 3.8) is 0 Å². The number of fused-ring (bicyclic) bond motifs is 1. The van der Waals surface area contributed by atoms with Gasteiger partial charge in [-0.25, -0.2) is 0 Å². The molecule has 0 aliphatic carbocycles. The van der Waals surface area contributed by atoms with Crippen molar-refractivity contribution in [1.82, 2.24) is 9.55 Å². The summed E-state index contributed by atoms with van der Waals surface area (Å²) in [5.41, 5.74) is 3.69. The Morgan fingerprint density at radius 2 is 2.03 bits per heavy atom. The van der Waals surface area contributed by atoms with Crippen LogP contribution >= 0.6 is 35.4 Å². The average Bonchev–Trinajstić information content (AvgIpc) is 3.10. The van der Waals surface area contributed by atoms with E-state index < -0.39 is 5.56 Å². The second kappa shape index (κ2) is 7.63. The van der Waals surface area contributed by atoms with Gasteiger partial charge in [0.1, 0.15) is 5.56 Å². The number of hydrogen-bond donors (Lipinski definition) is 2. The number of aromatic nitrogens is 2. The van der Waals surface area contributed by atoms with Crippen LogP contribution in [0.1, 0.15) is 23.6 Å². The van der Waals surface area contributed by atoms with Crippen LogP contribution in [-0.4, -0.2) is 20.9 Å². The van der Waals surface area contributed by atoms with Crippen molar-refractivity contribution >= 4 is 59.0 Å². The molecule has 2 aromatic carbocycles. The summed E-state index contributed by atoms with van der Waals surface area (Å²) in [6.07, 6.45) is 4.14. The molecule has 2 N–H and O–H groups in total. The van der Waals surface area contributed by atoms with Gasteiger partial charge >= 0.3 is 0 Å². The van der Waals surface area contributed by atoms with Gasteiger partial charge in [0.15, 0.2) is 4.77 Å². The third-order valence-electron chi connectivity index (χ3n) is 4.73. The lowest BCUT2D eigenvalue weighted by Crippen LogP contribution is -2.16. The number of aromatic amines is 1. The number of allylic oxidation sites excluding steroid dienone is 1. The molecule has 0 saturated heterocycles. The normalized spacial score (nSPS) is 13.8. The topological polar surface area (TPSA) is 70.4 Å². The summed E-state index contributed by atoms with van der Waals surface area (Å²) in [6.45, 7) is 2.06. The molecule has 5 nitrogen and oxygen atoms in total. The standard InChI is InChI=1S/C21H15Cl2N3O2S/c1-2-11-4-3-5-14-12(10-24-18(11)14)8-15-19(27)25-21(29)26(20(15)28)13-6-7-16(22)17(23)9-13/h3-10,28H,2H2,1H3,(H,25,27,29)/b12-8+. The first-order chi connectivity index (χ1) is 13.9. The van der Waals surface area contributed by atoms with Crippen LogP contribution in [0.5, 0.6) is 5.88 Å². The SMILES string of the molecule is CCc1cccc2c1N=C/C2=C\c1c(O)n(-c2ccc(Cl)c(Cl)c2)c(=S)[nH]c1=O. The van der Waals surface area contributed by atoms with E-state index in [9.17, 15) is 9.90 Å². The van der Waals surface area contributed by atoms with Gasteiger partial charge in [-0.05, 0) is 48.5 Å². The summed E-state index contributed by atoms with van der Waals surface area (Å²) in [5, 5.41) is 11.6. The predicted molar refractivity (Wildman–Crippen MR) is 121 cm³/mol. The van der Waals surface area contributed by atoms with Crippen LogP contribution in [0.3, 0.4) is 0 Å². The van der Waals surface area contributed by atoms with E-state index in [4.69, 9.17) is 35.4 Å². The number of nitrogens with one attached hydrogen (secondary N) is 1. The Labute approximate surface area is 181 Å². The number of aryl methyl sites for hydroxylation is 1. The van der Waals surface area contributed by atoms with Gasteiger partial charge in [0.2, 0.25) is 5.88 Å². The van der Waals surface area contributed by atoms with Gasteiger partial charge in [0.25, 0.3) is 5.56 Å². The molecule has 0 bridgehead atoms. The van der Waals surface area contributed by atoms with Crippen molar-refractivity contribution in [2.24, 2.45) is 4.99 Å². The largest absolute Gasteiger partial charge is 0.494 e. The summed E-state index contributed by atoms with van der Waals surface area (Å²) in [4.78, 5) is 19.6. The van der Waals surface area contributed by atoms with Crippen molar-refractivity contribution in [3.8, 4) is 11.6 Å². The molecule has 0 spiro atoms. The predicted octanol–water partition coefficient (Wildman–Crippen LogP) is 5.73. The summed E-state index contributed by atoms with van der Waals surface area (Å²) >= 11 is 17.3. The van der Waals surface area contributed by atoms with E-state index in [0.717, 1.165) is 28.8 Å². The number of rotatable bonds is 3. The van der Waals surface area contributed by atoms with Crippen LogP contribution in [0.4, 0.5) is 5.69 Å². The molecule has 3 aromatic rings. The summed E-state index contributed by atoms with van der Waals surface area (Å²) in [5.74, 6) is -0.293. The summed E-state index contributed by atoms with van der Waals surface area (Å²) in [6, 6.07) is 10.7. The fraction of sp³-hybridized carbons (Fsp3) is 0.0952. The van der Waals surface area contributed by atoms with Gasteiger partial charge in [-0.15, -0.1) is 0 Å². The third-order valence-corrected chi connectivity index (χ3v) is 5.75. The Morgan fingerprint density at radius 3 is 2.76 bits per heavy atom. The maximum atomic E-state index is 12.6. The molecule has 1 aromatic heterocycles. The first kappa shape index (κ1) is 19.6. The minimum Gasteiger partial charge on any atom is -0.494 e. The lowest BCUT2D eigenvalue weighted by atomic mass is 10.0. The lowest BCUT2D eigenvalue weighted by molar-refractivity contribution is 0.432. The highest BCUT2D eigenvalue weighted by atomic mass is 35.5. The van der Waals surface area contributed by atoms with Gasteiger partial charge in [-0.3, -0.25) is 19.3 Å². The molecular formula is C21H15Cl2N3O2S. The van der Waals surface area contributed by atoms with Crippen LogP contribution in [0, 0.1) is 4.77 Å². The maximum Gasteiger partial charge on any atom is 0.262 e. The summed E-state index contributed by atoms with van der Waals surface area (Å²) < 4.78 is 1.38. The molecule has 8 heteroatoms. The zero-order valence-electron chi connectivity index (χ0n) is 15.2. The molecule has 2 heterocycles. The molecule has 0 atom stereocenters. The molecule has 0 unspecified atom stereocenters. The number of halogens is 2. The van der Waals surface area contributed by atoms with Crippen LogP contribution in [0.2, 0.25) is 10.0 Å². The monoisotopic (exact) mass is 443 g/mol. The molecular weight excluding hydrogens is 429 g/mol. The molecule has 29 heavy (non-hydrogen) atoms. The highest BCUT2D eigenvalue weighted by Gasteiger charge is 2.18. The number of aromatic hydroxyl groups is 1. The summed E-state index contributed by atoms with van der Waals surface area (Å²) in [7, 11) is 0. The number of hydrogen-bond acceptors (Lipinski definition) is 4. The van der Waals surface area contributed by atoms with Crippen molar-refractivity contribution in [2.75, 3.05) is 0 Å². The van der Waals surface area contributed by atoms with E-state index in [1.807, 2.05) is 18.2 Å². The number of para-hydroxylation sites is 1. The Bertz CT molecular complexity index is 1320. The molecule has 0 saturated carbocycles. The van der Waals surface area contributed by atoms with Crippen molar-refractivity contribution in [3.05, 3.63) is 78.3 Å². The average molecular weight is 444 g/mol. The maximum absolute atomic E-state index is 12.6. The zero-order chi connectivity index (χ0) is 20.7. The Balaban J connectivity index is 1.91. The second-order valence-corrected chi connectivity index (χ2v) is 7.66. The molecule has 4 rings (SSSR count). The van der Waals surface area contributed by atoms with E-state index in [1.54, 1.807) is 30.5 Å². The first-order valence-corrected chi connectivity index (χ1v) is 9.99. The first-order valence-electron chi connectivity index (χ1n) is 8.82. The second-order valence-electron chi connectivity index (χ2n) is 6.46. The molecule has 0 fully saturated rings. The van der Waals surface area contributed by atoms with Gasteiger partial charge < -0.3 is 5.11 Å². The van der Waals surface area contributed by atoms with E-state index in [0.29, 0.717) is 15.7 Å². The van der Waals surface area contributed by atoms with Crippen LogP contribution in [-0.2, 0) is 6.42 Å². The molecule has 1 aliphatic heterocycles. The Hall–Kier alpha value is -2.67. The lowest BCUT2D eigenvalue weighted by Gasteiger charge is -2.12. The smallest absolute Gasteiger partial charge is 0.262 e. The van der Waals surface area contributed by atoms with Gasteiger partial charge in [-0.2, -0.15) is 0 Å². The number of aliphatic imine (C=N–C) groups is 1. The van der Waals surface area contributed by atoms with Gasteiger partial charge in [-0.1, -0.05) is 48.3 Å². The zero-order valence-corrected chi connectivity index (χ0v) is 17.6. The van der Waals surface area contributed by atoms with Crippen LogP contribution in [0.25, 0.3) is 17.3 Å². The Morgan fingerprint density at radius 1 is 1.24 bits per heavy atom. The van der Waals surface area contributed by atoms with Crippen LogP contribution in [0.15, 0.2) is 46.2 Å². The fourth-order valence-corrected chi connectivity index (χ4v) is 3.85. The third kappa shape index (κ3) is 3.44. The highest BCUT2D eigenvalue weighted by Crippen LogP contribution is 2.36. The van der Waals surface area contributed by atoms with Crippen LogP contribution < -0.4 is 5.56 Å². The molecule has 146 valence electrons. The minimum absolute atomic E-state index is 0.0433. The van der Waals surface area contributed by atoms with E-state index in [1.165, 1.54) is 4.57 Å². The van der Waals surface area contributed by atoms with Gasteiger partial charge in [0.05, 0.1) is 21.4 Å². The quantitative estimate of drug-likeness (QED) is 0.507. The number of benzene rings is 2. The molecule has 1 aliphatic rings. The van der Waals surface area contributed by atoms with Crippen molar-refractivity contribution in [1.29, 1.82) is 0 Å². The highest BCUT2D eigenvalue weighted by molar-refractivity contribution is 7.71. The van der Waals surface area contributed by atoms with E-state index in [-0.39, 0.29) is 16.2 Å². The van der Waals surface area contributed by atoms with E-state index in [2.05, 4.69) is 16.9 Å². The van der Waals surface area contributed by atoms with Gasteiger partial charge in [0, 0.05) is 17.4 Å².